The molecule has 0 atom stereocenters. The highest BCUT2D eigenvalue weighted by molar-refractivity contribution is 9.10. The molecule has 4 nitrogen and oxygen atoms in total. The van der Waals surface area contributed by atoms with Crippen LogP contribution in [0.1, 0.15) is 0 Å². The fourth-order valence-electron chi connectivity index (χ4n) is 1.28. The van der Waals surface area contributed by atoms with Crippen molar-refractivity contribution in [1.82, 2.24) is 4.90 Å². The largest absolute Gasteiger partial charge is 0.397 e. The van der Waals surface area contributed by atoms with E-state index in [4.69, 9.17) is 5.73 Å². The predicted molar refractivity (Wildman–Crippen MR) is 70.5 cm³/mol. The molecule has 0 radical (unpaired) electrons. The monoisotopic (exact) mass is 285 g/mol. The van der Waals surface area contributed by atoms with Gasteiger partial charge < -0.3 is 15.5 Å². The number of nitrogens with zero attached hydrogens (tertiary/aromatic N) is 2. The molecule has 16 heavy (non-hydrogen) atoms. The van der Waals surface area contributed by atoms with Crippen molar-refractivity contribution in [2.24, 2.45) is 0 Å². The first-order chi connectivity index (χ1) is 7.41. The van der Waals surface area contributed by atoms with Crippen LogP contribution in [-0.4, -0.2) is 38.5 Å². The Bertz CT molecular complexity index is 393. The van der Waals surface area contributed by atoms with Crippen LogP contribution in [0.2, 0.25) is 0 Å². The molecule has 0 saturated heterocycles. The summed E-state index contributed by atoms with van der Waals surface area (Å²) >= 11 is 3.38. The summed E-state index contributed by atoms with van der Waals surface area (Å²) in [6.45, 7) is 0.313. The lowest BCUT2D eigenvalue weighted by atomic mass is 10.2. The molecule has 0 fully saturated rings. The molecule has 0 aromatic heterocycles. The van der Waals surface area contributed by atoms with Gasteiger partial charge in [-0.15, -0.1) is 0 Å². The number of hydrogen-bond acceptors (Lipinski definition) is 3. The van der Waals surface area contributed by atoms with Gasteiger partial charge in [0.2, 0.25) is 5.91 Å². The standard InChI is InChI=1S/C11H16BrN3O/c1-14(2)11(16)7-15(3)10-6-8(12)4-5-9(10)13/h4-6H,7,13H2,1-3H3. The van der Waals surface area contributed by atoms with Gasteiger partial charge in [-0.3, -0.25) is 4.79 Å². The molecule has 0 spiro atoms. The summed E-state index contributed by atoms with van der Waals surface area (Å²) < 4.78 is 0.945. The smallest absolute Gasteiger partial charge is 0.241 e. The second kappa shape index (κ2) is 5.21. The van der Waals surface area contributed by atoms with Gasteiger partial charge in [-0.25, -0.2) is 0 Å². The number of halogens is 1. The van der Waals surface area contributed by atoms with Crippen LogP contribution in [0.5, 0.6) is 0 Å². The van der Waals surface area contributed by atoms with Crippen molar-refractivity contribution in [2.45, 2.75) is 0 Å². The number of amides is 1. The number of hydrogen-bond donors (Lipinski definition) is 1. The average molecular weight is 286 g/mol. The molecule has 1 rings (SSSR count). The Morgan fingerprint density at radius 1 is 1.38 bits per heavy atom. The highest BCUT2D eigenvalue weighted by Gasteiger charge is 2.11. The van der Waals surface area contributed by atoms with Gasteiger partial charge in [-0.1, -0.05) is 15.9 Å². The van der Waals surface area contributed by atoms with E-state index in [-0.39, 0.29) is 5.91 Å². The van der Waals surface area contributed by atoms with Crippen molar-refractivity contribution >= 4 is 33.2 Å². The molecule has 1 aromatic carbocycles. The minimum atomic E-state index is 0.0434. The molecule has 0 aliphatic carbocycles. The van der Waals surface area contributed by atoms with E-state index in [1.165, 1.54) is 0 Å². The molecule has 1 amide bonds. The lowest BCUT2D eigenvalue weighted by Crippen LogP contribution is -2.34. The maximum Gasteiger partial charge on any atom is 0.241 e. The van der Waals surface area contributed by atoms with Crippen molar-refractivity contribution in [3.05, 3.63) is 22.7 Å². The van der Waals surface area contributed by atoms with E-state index in [1.807, 2.05) is 30.1 Å². The quantitative estimate of drug-likeness (QED) is 0.858. The Morgan fingerprint density at radius 3 is 2.56 bits per heavy atom. The molecular formula is C11H16BrN3O. The number of anilines is 2. The van der Waals surface area contributed by atoms with Crippen LogP contribution >= 0.6 is 15.9 Å². The van der Waals surface area contributed by atoms with Crippen molar-refractivity contribution in [1.29, 1.82) is 0 Å². The van der Waals surface area contributed by atoms with Gasteiger partial charge in [-0.2, -0.15) is 0 Å². The second-order valence-electron chi connectivity index (χ2n) is 3.85. The van der Waals surface area contributed by atoms with Crippen LogP contribution in [0, 0.1) is 0 Å². The third kappa shape index (κ3) is 3.13. The van der Waals surface area contributed by atoms with Crippen molar-refractivity contribution in [2.75, 3.05) is 38.3 Å². The van der Waals surface area contributed by atoms with Crippen LogP contribution in [-0.2, 0) is 4.79 Å². The topological polar surface area (TPSA) is 49.6 Å². The third-order valence-corrected chi connectivity index (χ3v) is 2.77. The fraction of sp³-hybridized carbons (Fsp3) is 0.364. The third-order valence-electron chi connectivity index (χ3n) is 2.27. The van der Waals surface area contributed by atoms with E-state index in [9.17, 15) is 4.79 Å². The molecule has 5 heteroatoms. The molecule has 0 saturated carbocycles. The minimum Gasteiger partial charge on any atom is -0.397 e. The second-order valence-corrected chi connectivity index (χ2v) is 4.76. The number of benzene rings is 1. The summed E-state index contributed by atoms with van der Waals surface area (Å²) in [5, 5.41) is 0. The minimum absolute atomic E-state index is 0.0434. The summed E-state index contributed by atoms with van der Waals surface area (Å²) in [4.78, 5) is 15.0. The van der Waals surface area contributed by atoms with E-state index < -0.39 is 0 Å². The van der Waals surface area contributed by atoms with Gasteiger partial charge in [0, 0.05) is 25.6 Å². The maximum atomic E-state index is 11.6. The maximum absolute atomic E-state index is 11.6. The molecule has 0 bridgehead atoms. The summed E-state index contributed by atoms with van der Waals surface area (Å²) in [5.41, 5.74) is 7.37. The van der Waals surface area contributed by atoms with Crippen LogP contribution in [0.25, 0.3) is 0 Å². The van der Waals surface area contributed by atoms with Gasteiger partial charge in [0.05, 0.1) is 17.9 Å². The average Bonchev–Trinajstić information content (AvgIpc) is 2.21. The Balaban J connectivity index is 2.84. The van der Waals surface area contributed by atoms with Gasteiger partial charge in [-0.05, 0) is 18.2 Å². The van der Waals surface area contributed by atoms with Crippen molar-refractivity contribution in [3.63, 3.8) is 0 Å². The van der Waals surface area contributed by atoms with Crippen LogP contribution in [0.4, 0.5) is 11.4 Å². The first-order valence-corrected chi connectivity index (χ1v) is 5.67. The number of likely N-dealkylation sites (N-methyl/N-ethyl adjacent to an activating group) is 2. The molecule has 0 heterocycles. The van der Waals surface area contributed by atoms with Gasteiger partial charge >= 0.3 is 0 Å². The molecule has 0 aliphatic rings. The SMILES string of the molecule is CN(C)C(=O)CN(C)c1cc(Br)ccc1N. The first kappa shape index (κ1) is 12.8. The number of carbonyl (C=O) groups is 1. The Hall–Kier alpha value is -1.23. The van der Waals surface area contributed by atoms with E-state index in [2.05, 4.69) is 15.9 Å². The lowest BCUT2D eigenvalue weighted by molar-refractivity contribution is -0.127. The van der Waals surface area contributed by atoms with E-state index >= 15 is 0 Å². The zero-order valence-electron chi connectivity index (χ0n) is 9.70. The molecule has 1 aromatic rings. The number of nitrogen functional groups attached to an aromatic ring is 1. The first-order valence-electron chi connectivity index (χ1n) is 4.88. The van der Waals surface area contributed by atoms with E-state index in [0.717, 1.165) is 10.2 Å². The molecule has 88 valence electrons. The summed E-state index contributed by atoms with van der Waals surface area (Å²) in [6, 6.07) is 5.59. The zero-order valence-corrected chi connectivity index (χ0v) is 11.3. The summed E-state index contributed by atoms with van der Waals surface area (Å²) in [6.07, 6.45) is 0. The van der Waals surface area contributed by atoms with Crippen molar-refractivity contribution < 1.29 is 4.79 Å². The van der Waals surface area contributed by atoms with E-state index in [0.29, 0.717) is 12.2 Å². The molecule has 2 N–H and O–H groups in total. The molecule has 0 unspecified atom stereocenters. The van der Waals surface area contributed by atoms with Gasteiger partial charge in [0.1, 0.15) is 0 Å². The lowest BCUT2D eigenvalue weighted by Gasteiger charge is -2.22. The van der Waals surface area contributed by atoms with E-state index in [1.54, 1.807) is 19.0 Å². The van der Waals surface area contributed by atoms with Crippen molar-refractivity contribution in [3.8, 4) is 0 Å². The van der Waals surface area contributed by atoms with Crippen LogP contribution in [0.3, 0.4) is 0 Å². The van der Waals surface area contributed by atoms with Gasteiger partial charge in [0.25, 0.3) is 0 Å². The highest BCUT2D eigenvalue weighted by atomic mass is 79.9. The Labute approximate surface area is 104 Å². The fourth-order valence-corrected chi connectivity index (χ4v) is 1.63. The molecule has 0 aliphatic heterocycles. The number of rotatable bonds is 3. The normalized spacial score (nSPS) is 10.0. The molecular weight excluding hydrogens is 270 g/mol. The highest BCUT2D eigenvalue weighted by Crippen LogP contribution is 2.26. The van der Waals surface area contributed by atoms with Crippen LogP contribution in [0.15, 0.2) is 22.7 Å². The van der Waals surface area contributed by atoms with Gasteiger partial charge in [0.15, 0.2) is 0 Å². The van der Waals surface area contributed by atoms with Crippen LogP contribution < -0.4 is 10.6 Å². The number of carbonyl (C=O) groups excluding carboxylic acids is 1. The Kier molecular flexibility index (Phi) is 4.18. The zero-order chi connectivity index (χ0) is 12.3. The number of nitrogens with two attached hydrogens (primary N) is 1. The predicted octanol–water partition coefficient (Wildman–Crippen LogP) is 1.56. The Morgan fingerprint density at radius 2 is 2.00 bits per heavy atom. The summed E-state index contributed by atoms with van der Waals surface area (Å²) in [5.74, 6) is 0.0434. The summed E-state index contributed by atoms with van der Waals surface area (Å²) in [7, 11) is 5.32.